The summed E-state index contributed by atoms with van der Waals surface area (Å²) in [6.07, 6.45) is 5.30. The molecule has 0 aromatic carbocycles. The van der Waals surface area contributed by atoms with Crippen molar-refractivity contribution in [1.29, 1.82) is 0 Å². The maximum absolute atomic E-state index is 10.9. The second-order valence-electron chi connectivity index (χ2n) is 5.49. The van der Waals surface area contributed by atoms with Gasteiger partial charge in [0.2, 0.25) is 0 Å². The first-order chi connectivity index (χ1) is 8.41. The van der Waals surface area contributed by atoms with Crippen molar-refractivity contribution in [3.63, 3.8) is 0 Å². The molecule has 0 amide bonds. The molecule has 0 bridgehead atoms. The van der Waals surface area contributed by atoms with Crippen LogP contribution in [-0.4, -0.2) is 25.3 Å². The summed E-state index contributed by atoms with van der Waals surface area (Å²) in [6, 6.07) is 0. The monoisotopic (exact) mass is 256 g/mol. The van der Waals surface area contributed by atoms with Crippen molar-refractivity contribution < 1.29 is 14.3 Å². The average molecular weight is 256 g/mol. The van der Waals surface area contributed by atoms with E-state index in [0.717, 1.165) is 25.9 Å². The van der Waals surface area contributed by atoms with Gasteiger partial charge >= 0.3 is 5.97 Å². The van der Waals surface area contributed by atoms with Crippen LogP contribution >= 0.6 is 0 Å². The van der Waals surface area contributed by atoms with E-state index >= 15 is 0 Å². The van der Waals surface area contributed by atoms with Crippen LogP contribution in [0.1, 0.15) is 53.4 Å². The van der Waals surface area contributed by atoms with Crippen LogP contribution in [0.25, 0.3) is 0 Å². The van der Waals surface area contributed by atoms with Gasteiger partial charge in [0, 0.05) is 6.42 Å². The number of carbonyl (C=O) groups excluding carboxylic acids is 1. The summed E-state index contributed by atoms with van der Waals surface area (Å²) in [5, 5.41) is 0. The van der Waals surface area contributed by atoms with E-state index in [9.17, 15) is 4.79 Å². The molecule has 0 aromatic rings. The van der Waals surface area contributed by atoms with Crippen molar-refractivity contribution in [3.8, 4) is 0 Å². The average Bonchev–Trinajstić information content (AvgIpc) is 2.32. The molecule has 0 aliphatic heterocycles. The van der Waals surface area contributed by atoms with E-state index in [2.05, 4.69) is 27.4 Å². The molecule has 0 aliphatic rings. The topological polar surface area (TPSA) is 35.5 Å². The van der Waals surface area contributed by atoms with Gasteiger partial charge in [-0.05, 0) is 31.6 Å². The number of rotatable bonds is 10. The molecule has 18 heavy (non-hydrogen) atoms. The van der Waals surface area contributed by atoms with Crippen molar-refractivity contribution >= 4 is 5.97 Å². The van der Waals surface area contributed by atoms with Gasteiger partial charge in [0.15, 0.2) is 0 Å². The van der Waals surface area contributed by atoms with E-state index in [1.54, 1.807) is 6.92 Å². The molecule has 0 heterocycles. The fourth-order valence-corrected chi connectivity index (χ4v) is 1.56. The molecule has 0 radical (unpaired) electrons. The van der Waals surface area contributed by atoms with Crippen LogP contribution in [0.5, 0.6) is 0 Å². The largest absolute Gasteiger partial charge is 0.466 e. The van der Waals surface area contributed by atoms with Gasteiger partial charge < -0.3 is 9.47 Å². The van der Waals surface area contributed by atoms with Crippen LogP contribution in [-0.2, 0) is 14.3 Å². The maximum Gasteiger partial charge on any atom is 0.305 e. The molecule has 3 heteroatoms. The minimum atomic E-state index is -0.129. The second kappa shape index (κ2) is 9.15. The van der Waals surface area contributed by atoms with Gasteiger partial charge in [-0.1, -0.05) is 26.8 Å². The lowest BCUT2D eigenvalue weighted by Gasteiger charge is -2.25. The highest BCUT2D eigenvalue weighted by Gasteiger charge is 2.17. The zero-order valence-electron chi connectivity index (χ0n) is 12.3. The number of ether oxygens (including phenoxy) is 2. The molecule has 1 atom stereocenters. The molecular formula is C15H28O3. The quantitative estimate of drug-likeness (QED) is 0.339. The van der Waals surface area contributed by atoms with E-state index in [-0.39, 0.29) is 17.5 Å². The van der Waals surface area contributed by atoms with Gasteiger partial charge in [-0.15, -0.1) is 6.58 Å². The van der Waals surface area contributed by atoms with Gasteiger partial charge in [-0.25, -0.2) is 0 Å². The van der Waals surface area contributed by atoms with Gasteiger partial charge in [0.05, 0.1) is 19.3 Å². The smallest absolute Gasteiger partial charge is 0.305 e. The predicted octanol–water partition coefficient (Wildman–Crippen LogP) is 3.73. The Balaban J connectivity index is 3.62. The molecule has 0 rings (SSSR count). The Morgan fingerprint density at radius 1 is 1.44 bits per heavy atom. The minimum Gasteiger partial charge on any atom is -0.466 e. The number of allylic oxidation sites excluding steroid dienone is 1. The van der Waals surface area contributed by atoms with E-state index in [1.807, 2.05) is 6.08 Å². The van der Waals surface area contributed by atoms with Gasteiger partial charge in [0.25, 0.3) is 0 Å². The normalized spacial score (nSPS) is 13.1. The summed E-state index contributed by atoms with van der Waals surface area (Å²) < 4.78 is 10.8. The number of hydrogen-bond acceptors (Lipinski definition) is 3. The van der Waals surface area contributed by atoms with E-state index in [4.69, 9.17) is 9.47 Å². The van der Waals surface area contributed by atoms with Gasteiger partial charge in [-0.3, -0.25) is 4.79 Å². The zero-order chi connectivity index (χ0) is 14.0. The lowest BCUT2D eigenvalue weighted by molar-refractivity contribution is -0.143. The summed E-state index contributed by atoms with van der Waals surface area (Å²) in [5.74, 6) is -0.129. The molecule has 1 unspecified atom stereocenters. The third-order valence-electron chi connectivity index (χ3n) is 2.76. The fourth-order valence-electron chi connectivity index (χ4n) is 1.56. The summed E-state index contributed by atoms with van der Waals surface area (Å²) in [5.41, 5.74) is 0.144. The van der Waals surface area contributed by atoms with E-state index < -0.39 is 0 Å². The summed E-state index contributed by atoms with van der Waals surface area (Å²) in [7, 11) is 0. The minimum absolute atomic E-state index is 0.129. The molecule has 0 N–H and O–H groups in total. The third kappa shape index (κ3) is 9.23. The zero-order valence-corrected chi connectivity index (χ0v) is 12.3. The number of hydrogen-bond donors (Lipinski definition) is 0. The third-order valence-corrected chi connectivity index (χ3v) is 2.76. The summed E-state index contributed by atoms with van der Waals surface area (Å²) >= 11 is 0. The highest BCUT2D eigenvalue weighted by molar-refractivity contribution is 5.68. The van der Waals surface area contributed by atoms with Crippen molar-refractivity contribution in [1.82, 2.24) is 0 Å². The first-order valence-corrected chi connectivity index (χ1v) is 6.79. The molecule has 0 fully saturated rings. The van der Waals surface area contributed by atoms with Crippen LogP contribution in [0.3, 0.4) is 0 Å². The summed E-state index contributed by atoms with van der Waals surface area (Å²) in [4.78, 5) is 10.9. The van der Waals surface area contributed by atoms with Crippen molar-refractivity contribution in [2.45, 2.75) is 59.5 Å². The van der Waals surface area contributed by atoms with E-state index in [0.29, 0.717) is 13.0 Å². The molecule has 0 saturated carbocycles. The Morgan fingerprint density at radius 2 is 2.11 bits per heavy atom. The Bertz CT molecular complexity index is 246. The first-order valence-electron chi connectivity index (χ1n) is 6.79. The predicted molar refractivity (Wildman–Crippen MR) is 74.5 cm³/mol. The van der Waals surface area contributed by atoms with Gasteiger partial charge in [-0.2, -0.15) is 0 Å². The first kappa shape index (κ1) is 17.2. The Labute approximate surface area is 112 Å². The summed E-state index contributed by atoms with van der Waals surface area (Å²) in [6.45, 7) is 13.2. The maximum atomic E-state index is 10.9. The molecule has 0 aromatic heterocycles. The molecular weight excluding hydrogens is 228 g/mol. The van der Waals surface area contributed by atoms with Gasteiger partial charge in [0.1, 0.15) is 0 Å². The van der Waals surface area contributed by atoms with E-state index in [1.165, 1.54) is 0 Å². The highest BCUT2D eigenvalue weighted by atomic mass is 16.5. The van der Waals surface area contributed by atoms with Crippen LogP contribution in [0.4, 0.5) is 0 Å². The van der Waals surface area contributed by atoms with Crippen molar-refractivity contribution in [2.75, 3.05) is 13.2 Å². The number of esters is 1. The Kier molecular flexibility index (Phi) is 8.73. The standard InChI is InChI=1S/C15H28O3/c1-6-10-15(4,5)12-18-13(3)9-8-11-17-14(16)7-2/h6,13H,1,7-12H2,2-5H3. The van der Waals surface area contributed by atoms with Crippen LogP contribution in [0.15, 0.2) is 12.7 Å². The van der Waals surface area contributed by atoms with Crippen LogP contribution in [0, 0.1) is 5.41 Å². The highest BCUT2D eigenvalue weighted by Crippen LogP contribution is 2.22. The number of carbonyl (C=O) groups is 1. The van der Waals surface area contributed by atoms with Crippen molar-refractivity contribution in [2.24, 2.45) is 5.41 Å². The molecule has 3 nitrogen and oxygen atoms in total. The Hall–Kier alpha value is -0.830. The van der Waals surface area contributed by atoms with Crippen molar-refractivity contribution in [3.05, 3.63) is 12.7 Å². The molecule has 106 valence electrons. The fraction of sp³-hybridized carbons (Fsp3) is 0.800. The SMILES string of the molecule is C=CCC(C)(C)COC(C)CCCOC(=O)CC. The second-order valence-corrected chi connectivity index (χ2v) is 5.49. The van der Waals surface area contributed by atoms with Crippen LogP contribution < -0.4 is 0 Å². The lowest BCUT2D eigenvalue weighted by Crippen LogP contribution is -2.22. The molecule has 0 spiro atoms. The molecule has 0 aliphatic carbocycles. The van der Waals surface area contributed by atoms with Crippen LogP contribution in [0.2, 0.25) is 0 Å². The Morgan fingerprint density at radius 3 is 2.67 bits per heavy atom. The molecule has 0 saturated heterocycles. The lowest BCUT2D eigenvalue weighted by atomic mass is 9.90.